The molecule has 0 aromatic carbocycles. The van der Waals surface area contributed by atoms with Gasteiger partial charge >= 0.3 is 0 Å². The van der Waals surface area contributed by atoms with E-state index in [1.165, 1.54) is 19.2 Å². The lowest BCUT2D eigenvalue weighted by molar-refractivity contribution is 0.124. The summed E-state index contributed by atoms with van der Waals surface area (Å²) in [6.45, 7) is 2.43. The number of hydrogen-bond acceptors (Lipinski definition) is 5. The molecule has 1 fully saturated rings. The minimum Gasteiger partial charge on any atom is -0.382 e. The molecule has 1 aliphatic rings. The predicted octanol–water partition coefficient (Wildman–Crippen LogP) is 1.94. The van der Waals surface area contributed by atoms with Crippen LogP contribution in [0.5, 0.6) is 0 Å². The van der Waals surface area contributed by atoms with Crippen molar-refractivity contribution in [2.24, 2.45) is 5.92 Å². The van der Waals surface area contributed by atoms with Crippen LogP contribution in [-0.2, 0) is 4.74 Å². The number of hydrogen-bond donors (Lipinski definition) is 2. The number of nitrogens with zero attached hydrogens (tertiary/aromatic N) is 2. The fraction of sp³-hybridized carbons (Fsp3) is 0.636. The first-order valence-corrected chi connectivity index (χ1v) is 6.22. The smallest absolute Gasteiger partial charge is 0.150 e. The van der Waals surface area contributed by atoms with Gasteiger partial charge in [-0.3, -0.25) is 0 Å². The van der Waals surface area contributed by atoms with Crippen LogP contribution in [0.25, 0.3) is 0 Å². The summed E-state index contributed by atoms with van der Waals surface area (Å²) in [5.41, 5.74) is 5.57. The van der Waals surface area contributed by atoms with Crippen LogP contribution in [0.1, 0.15) is 19.3 Å². The Morgan fingerprint density at radius 1 is 1.47 bits per heavy atom. The van der Waals surface area contributed by atoms with Crippen molar-refractivity contribution >= 4 is 23.2 Å². The summed E-state index contributed by atoms with van der Waals surface area (Å²) in [6, 6.07) is 0. The Morgan fingerprint density at radius 3 is 3.06 bits per heavy atom. The van der Waals surface area contributed by atoms with E-state index < -0.39 is 0 Å². The third kappa shape index (κ3) is 4.02. The number of rotatable bonds is 7. The van der Waals surface area contributed by atoms with Crippen LogP contribution >= 0.6 is 11.6 Å². The van der Waals surface area contributed by atoms with Crippen molar-refractivity contribution in [2.45, 2.75) is 19.3 Å². The zero-order valence-corrected chi connectivity index (χ0v) is 10.4. The average molecular weight is 257 g/mol. The Balaban J connectivity index is 1.61. The van der Waals surface area contributed by atoms with Gasteiger partial charge in [0.15, 0.2) is 0 Å². The molecule has 0 aliphatic heterocycles. The van der Waals surface area contributed by atoms with Crippen molar-refractivity contribution in [3.63, 3.8) is 0 Å². The molecular formula is C11H17ClN4O. The minimum absolute atomic E-state index is 0.300. The number of ether oxygens (including phenoxy) is 1. The highest BCUT2D eigenvalue weighted by atomic mass is 35.5. The van der Waals surface area contributed by atoms with Gasteiger partial charge in [-0.25, -0.2) is 9.97 Å². The van der Waals surface area contributed by atoms with E-state index >= 15 is 0 Å². The monoisotopic (exact) mass is 256 g/mol. The molecule has 17 heavy (non-hydrogen) atoms. The summed E-state index contributed by atoms with van der Waals surface area (Å²) >= 11 is 5.94. The predicted molar refractivity (Wildman–Crippen MR) is 68.1 cm³/mol. The highest BCUT2D eigenvalue weighted by molar-refractivity contribution is 6.35. The van der Waals surface area contributed by atoms with E-state index in [0.29, 0.717) is 16.7 Å². The number of nitrogens with two attached hydrogens (primary N) is 1. The van der Waals surface area contributed by atoms with Crippen LogP contribution < -0.4 is 11.1 Å². The molecular weight excluding hydrogens is 240 g/mol. The Kier molecular flexibility index (Phi) is 4.39. The van der Waals surface area contributed by atoms with Gasteiger partial charge in [-0.2, -0.15) is 0 Å². The molecule has 3 N–H and O–H groups in total. The van der Waals surface area contributed by atoms with Crippen LogP contribution in [0.3, 0.4) is 0 Å². The van der Waals surface area contributed by atoms with Gasteiger partial charge in [-0.05, 0) is 25.2 Å². The molecule has 0 radical (unpaired) electrons. The summed E-state index contributed by atoms with van der Waals surface area (Å²) in [7, 11) is 0. The minimum atomic E-state index is 0.300. The van der Waals surface area contributed by atoms with Crippen LogP contribution in [0.2, 0.25) is 5.02 Å². The SMILES string of the molecule is Nc1ncnc(NCCCOCC2CC2)c1Cl. The first kappa shape index (κ1) is 12.4. The molecule has 5 nitrogen and oxygen atoms in total. The maximum Gasteiger partial charge on any atom is 0.150 e. The van der Waals surface area contributed by atoms with E-state index in [1.807, 2.05) is 0 Å². The molecule has 94 valence electrons. The fourth-order valence-corrected chi connectivity index (χ4v) is 1.59. The summed E-state index contributed by atoms with van der Waals surface area (Å²) in [5, 5.41) is 3.50. The van der Waals surface area contributed by atoms with Gasteiger partial charge < -0.3 is 15.8 Å². The largest absolute Gasteiger partial charge is 0.382 e. The molecule has 0 amide bonds. The normalized spacial score (nSPS) is 14.9. The van der Waals surface area contributed by atoms with Crippen molar-refractivity contribution in [3.8, 4) is 0 Å². The average Bonchev–Trinajstić information content (AvgIpc) is 3.12. The molecule has 1 aliphatic carbocycles. The van der Waals surface area contributed by atoms with Crippen LogP contribution in [-0.4, -0.2) is 29.7 Å². The quantitative estimate of drug-likeness (QED) is 0.730. The third-order valence-electron chi connectivity index (χ3n) is 2.62. The highest BCUT2D eigenvalue weighted by Gasteiger charge is 2.20. The second-order valence-corrected chi connectivity index (χ2v) is 4.60. The number of nitrogens with one attached hydrogen (secondary N) is 1. The first-order chi connectivity index (χ1) is 8.27. The van der Waals surface area contributed by atoms with Crippen LogP contribution in [0, 0.1) is 5.92 Å². The van der Waals surface area contributed by atoms with Gasteiger partial charge in [0.2, 0.25) is 0 Å². The molecule has 1 aromatic rings. The van der Waals surface area contributed by atoms with E-state index in [4.69, 9.17) is 22.1 Å². The fourth-order valence-electron chi connectivity index (χ4n) is 1.42. The van der Waals surface area contributed by atoms with E-state index in [2.05, 4.69) is 15.3 Å². The Bertz CT molecular complexity index is 370. The highest BCUT2D eigenvalue weighted by Crippen LogP contribution is 2.28. The molecule has 0 atom stereocenters. The lowest BCUT2D eigenvalue weighted by atomic mass is 10.4. The van der Waals surface area contributed by atoms with Gasteiger partial charge in [0, 0.05) is 19.8 Å². The van der Waals surface area contributed by atoms with E-state index in [9.17, 15) is 0 Å². The van der Waals surface area contributed by atoms with E-state index in [1.54, 1.807) is 0 Å². The van der Waals surface area contributed by atoms with Gasteiger partial charge in [0.1, 0.15) is 23.0 Å². The molecule has 0 bridgehead atoms. The lowest BCUT2D eigenvalue weighted by Crippen LogP contribution is -2.09. The number of halogens is 1. The molecule has 0 unspecified atom stereocenters. The molecule has 6 heteroatoms. The van der Waals surface area contributed by atoms with Gasteiger partial charge in [0.05, 0.1) is 0 Å². The summed E-state index contributed by atoms with van der Waals surface area (Å²) < 4.78 is 5.52. The maximum absolute atomic E-state index is 5.94. The number of anilines is 2. The zero-order chi connectivity index (χ0) is 12.1. The first-order valence-electron chi connectivity index (χ1n) is 5.85. The van der Waals surface area contributed by atoms with Gasteiger partial charge in [0.25, 0.3) is 0 Å². The van der Waals surface area contributed by atoms with Crippen molar-refractivity contribution in [3.05, 3.63) is 11.3 Å². The summed E-state index contributed by atoms with van der Waals surface area (Å²) in [6.07, 6.45) is 4.97. The summed E-state index contributed by atoms with van der Waals surface area (Å²) in [5.74, 6) is 1.70. The molecule has 1 saturated carbocycles. The maximum atomic E-state index is 5.94. The third-order valence-corrected chi connectivity index (χ3v) is 3.00. The molecule has 0 spiro atoms. The zero-order valence-electron chi connectivity index (χ0n) is 9.66. The lowest BCUT2D eigenvalue weighted by Gasteiger charge is -2.08. The molecule has 1 aromatic heterocycles. The molecule has 0 saturated heterocycles. The van der Waals surface area contributed by atoms with Crippen molar-refractivity contribution < 1.29 is 4.74 Å². The summed E-state index contributed by atoms with van der Waals surface area (Å²) in [4.78, 5) is 7.81. The van der Waals surface area contributed by atoms with Crippen LogP contribution in [0.15, 0.2) is 6.33 Å². The standard InChI is InChI=1S/C11H17ClN4O/c12-9-10(13)15-7-16-11(9)14-4-1-5-17-6-8-2-3-8/h7-8H,1-6H2,(H3,13,14,15,16). The van der Waals surface area contributed by atoms with E-state index in [-0.39, 0.29) is 0 Å². The topological polar surface area (TPSA) is 73.1 Å². The second-order valence-electron chi connectivity index (χ2n) is 4.22. The Morgan fingerprint density at radius 2 is 2.29 bits per heavy atom. The Hall–Kier alpha value is -1.07. The number of nitrogen functional groups attached to an aromatic ring is 1. The van der Waals surface area contributed by atoms with Crippen molar-refractivity contribution in [1.82, 2.24) is 9.97 Å². The Labute approximate surface area is 106 Å². The van der Waals surface area contributed by atoms with Crippen LogP contribution in [0.4, 0.5) is 11.6 Å². The molecule has 2 rings (SSSR count). The van der Waals surface area contributed by atoms with Gasteiger partial charge in [-0.15, -0.1) is 0 Å². The van der Waals surface area contributed by atoms with Gasteiger partial charge in [-0.1, -0.05) is 11.6 Å². The van der Waals surface area contributed by atoms with Crippen molar-refractivity contribution in [2.75, 3.05) is 30.8 Å². The second kappa shape index (κ2) is 6.02. The number of aromatic nitrogens is 2. The van der Waals surface area contributed by atoms with E-state index in [0.717, 1.165) is 32.1 Å². The molecule has 1 heterocycles. The van der Waals surface area contributed by atoms with Crippen molar-refractivity contribution in [1.29, 1.82) is 0 Å².